The van der Waals surface area contributed by atoms with E-state index < -0.39 is 11.3 Å². The van der Waals surface area contributed by atoms with Gasteiger partial charge in [0.25, 0.3) is 0 Å². The van der Waals surface area contributed by atoms with E-state index in [9.17, 15) is 8.78 Å². The summed E-state index contributed by atoms with van der Waals surface area (Å²) in [6.45, 7) is 0.446. The fraction of sp³-hybridized carbons (Fsp3) is 0.667. The van der Waals surface area contributed by atoms with Gasteiger partial charge in [0.15, 0.2) is 5.82 Å². The van der Waals surface area contributed by atoms with Crippen LogP contribution in [0.15, 0.2) is 4.52 Å². The highest BCUT2D eigenvalue weighted by atomic mass is 35.5. The van der Waals surface area contributed by atoms with Crippen LogP contribution >= 0.6 is 11.6 Å². The molecule has 0 aliphatic rings. The topological polar surface area (TPSA) is 64.9 Å². The van der Waals surface area contributed by atoms with Gasteiger partial charge in [0.05, 0.1) is 0 Å². The second-order valence-corrected chi connectivity index (χ2v) is 2.88. The molecule has 1 heterocycles. The number of aryl methyl sites for hydroxylation is 1. The number of halogens is 3. The second-order valence-electron chi connectivity index (χ2n) is 2.41. The first kappa shape index (κ1) is 10.3. The third-order valence-electron chi connectivity index (χ3n) is 1.32. The van der Waals surface area contributed by atoms with Crippen molar-refractivity contribution in [2.24, 2.45) is 5.73 Å². The summed E-state index contributed by atoms with van der Waals surface area (Å²) >= 11 is 4.65. The van der Waals surface area contributed by atoms with E-state index >= 15 is 0 Å². The van der Waals surface area contributed by atoms with Gasteiger partial charge >= 0.3 is 11.3 Å². The number of nitrogens with two attached hydrogens (primary N) is 1. The molecule has 0 saturated carbocycles. The Morgan fingerprint density at radius 2 is 2.23 bits per heavy atom. The molecule has 74 valence electrons. The second kappa shape index (κ2) is 3.97. The average molecular weight is 212 g/mol. The average Bonchev–Trinajstić information content (AvgIpc) is 2.47. The Balaban J connectivity index is 2.64. The van der Waals surface area contributed by atoms with E-state index in [0.29, 0.717) is 19.4 Å². The lowest BCUT2D eigenvalue weighted by Crippen LogP contribution is -2.04. The molecule has 2 N–H and O–H groups in total. The normalized spacial score (nSPS) is 12.0. The van der Waals surface area contributed by atoms with E-state index in [4.69, 9.17) is 5.73 Å². The Morgan fingerprint density at radius 1 is 1.54 bits per heavy atom. The summed E-state index contributed by atoms with van der Waals surface area (Å²) in [4.78, 5) is 3.40. The Bertz CT molecular complexity index is 273. The van der Waals surface area contributed by atoms with Crippen LogP contribution < -0.4 is 5.73 Å². The summed E-state index contributed by atoms with van der Waals surface area (Å²) in [6.07, 6.45) is 1.03. The molecule has 0 aliphatic carbocycles. The predicted molar refractivity (Wildman–Crippen MR) is 41.4 cm³/mol. The molecular formula is C6H8ClF2N3O. The SMILES string of the molecule is NCCCc1noc(C(F)(F)Cl)n1. The molecule has 1 aromatic rings. The lowest BCUT2D eigenvalue weighted by atomic mass is 10.3. The molecule has 13 heavy (non-hydrogen) atoms. The number of alkyl halides is 3. The molecule has 0 bridgehead atoms. The predicted octanol–water partition coefficient (Wildman–Crippen LogP) is 1.25. The van der Waals surface area contributed by atoms with Gasteiger partial charge in [0.2, 0.25) is 0 Å². The van der Waals surface area contributed by atoms with Crippen molar-refractivity contribution < 1.29 is 13.3 Å². The van der Waals surface area contributed by atoms with E-state index in [2.05, 4.69) is 26.3 Å². The van der Waals surface area contributed by atoms with Crippen molar-refractivity contribution in [2.75, 3.05) is 6.54 Å². The molecule has 1 rings (SSSR count). The maximum Gasteiger partial charge on any atom is 0.400 e. The zero-order valence-electron chi connectivity index (χ0n) is 6.64. The van der Waals surface area contributed by atoms with Gasteiger partial charge in [-0.25, -0.2) is 0 Å². The van der Waals surface area contributed by atoms with Crippen molar-refractivity contribution in [2.45, 2.75) is 18.2 Å². The molecule has 0 spiro atoms. The number of aromatic nitrogens is 2. The van der Waals surface area contributed by atoms with Crippen molar-refractivity contribution in [1.29, 1.82) is 0 Å². The molecule has 0 amide bonds. The number of nitrogens with zero attached hydrogens (tertiary/aromatic N) is 2. The number of rotatable bonds is 4. The Morgan fingerprint density at radius 3 is 2.69 bits per heavy atom. The first-order valence-corrected chi connectivity index (χ1v) is 4.01. The smallest absolute Gasteiger partial charge is 0.331 e. The quantitative estimate of drug-likeness (QED) is 0.762. The van der Waals surface area contributed by atoms with Crippen LogP contribution in [-0.4, -0.2) is 16.7 Å². The van der Waals surface area contributed by atoms with E-state index in [1.807, 2.05) is 0 Å². The van der Waals surface area contributed by atoms with Crippen molar-refractivity contribution in [3.05, 3.63) is 11.7 Å². The van der Waals surface area contributed by atoms with Crippen molar-refractivity contribution in [1.82, 2.24) is 10.1 Å². The lowest BCUT2D eigenvalue weighted by Gasteiger charge is -1.97. The van der Waals surface area contributed by atoms with Crippen LogP contribution in [0.25, 0.3) is 0 Å². The molecule has 1 aromatic heterocycles. The summed E-state index contributed by atoms with van der Waals surface area (Å²) < 4.78 is 28.9. The molecule has 4 nitrogen and oxygen atoms in total. The highest BCUT2D eigenvalue weighted by Gasteiger charge is 2.35. The van der Waals surface area contributed by atoms with Crippen LogP contribution in [0.1, 0.15) is 18.1 Å². The summed E-state index contributed by atoms with van der Waals surface area (Å²) in [7, 11) is 0. The Kier molecular flexibility index (Phi) is 3.16. The lowest BCUT2D eigenvalue weighted by molar-refractivity contribution is 0.0550. The summed E-state index contributed by atoms with van der Waals surface area (Å²) in [5, 5.41) is -0.275. The fourth-order valence-corrected chi connectivity index (χ4v) is 0.808. The molecule has 0 fully saturated rings. The minimum atomic E-state index is -3.59. The van der Waals surface area contributed by atoms with Crippen LogP contribution in [-0.2, 0) is 11.8 Å². The van der Waals surface area contributed by atoms with Crippen LogP contribution in [0.4, 0.5) is 8.78 Å². The Hall–Kier alpha value is -0.750. The molecule has 0 radical (unpaired) electrons. The van der Waals surface area contributed by atoms with Crippen molar-refractivity contribution in [3.8, 4) is 0 Å². The minimum absolute atomic E-state index is 0.195. The molecular weight excluding hydrogens is 204 g/mol. The highest BCUT2D eigenvalue weighted by Crippen LogP contribution is 2.30. The first-order valence-electron chi connectivity index (χ1n) is 3.64. The highest BCUT2D eigenvalue weighted by molar-refractivity contribution is 6.21. The van der Waals surface area contributed by atoms with Crippen LogP contribution in [0.5, 0.6) is 0 Å². The van der Waals surface area contributed by atoms with Crippen molar-refractivity contribution >= 4 is 11.6 Å². The molecule has 0 aromatic carbocycles. The first-order chi connectivity index (χ1) is 6.04. The third-order valence-corrected chi connectivity index (χ3v) is 1.48. The van der Waals surface area contributed by atoms with Crippen molar-refractivity contribution in [3.63, 3.8) is 0 Å². The Labute approximate surface area is 78.1 Å². The van der Waals surface area contributed by atoms with Gasteiger partial charge in [-0.15, -0.1) is 0 Å². The van der Waals surface area contributed by atoms with Gasteiger partial charge in [0, 0.05) is 6.42 Å². The maximum atomic E-state index is 12.3. The number of hydrogen-bond donors (Lipinski definition) is 1. The molecule has 0 atom stereocenters. The molecule has 0 aliphatic heterocycles. The van der Waals surface area contributed by atoms with Crippen LogP contribution in [0, 0.1) is 0 Å². The van der Waals surface area contributed by atoms with E-state index in [1.165, 1.54) is 0 Å². The zero-order chi connectivity index (χ0) is 9.90. The third kappa shape index (κ3) is 2.89. The van der Waals surface area contributed by atoms with Gasteiger partial charge in [-0.1, -0.05) is 5.16 Å². The maximum absolute atomic E-state index is 12.3. The monoisotopic (exact) mass is 211 g/mol. The summed E-state index contributed by atoms with van der Waals surface area (Å²) in [6, 6.07) is 0. The molecule has 0 saturated heterocycles. The largest absolute Gasteiger partial charge is 0.400 e. The molecule has 0 unspecified atom stereocenters. The standard InChI is InChI=1S/C6H8ClF2N3O/c7-6(8,9)5-11-4(12-13-5)2-1-3-10/h1-3,10H2. The van der Waals surface area contributed by atoms with Crippen LogP contribution in [0.2, 0.25) is 0 Å². The minimum Gasteiger partial charge on any atom is -0.331 e. The van der Waals surface area contributed by atoms with Gasteiger partial charge in [-0.2, -0.15) is 13.8 Å². The van der Waals surface area contributed by atoms with E-state index in [-0.39, 0.29) is 5.82 Å². The van der Waals surface area contributed by atoms with Crippen LogP contribution in [0.3, 0.4) is 0 Å². The van der Waals surface area contributed by atoms with E-state index in [0.717, 1.165) is 0 Å². The van der Waals surface area contributed by atoms with Gasteiger partial charge < -0.3 is 10.3 Å². The molecule has 7 heteroatoms. The summed E-state index contributed by atoms with van der Waals surface area (Å²) in [5.41, 5.74) is 5.21. The van der Waals surface area contributed by atoms with Gasteiger partial charge in [-0.05, 0) is 24.6 Å². The van der Waals surface area contributed by atoms with Gasteiger partial charge in [0.1, 0.15) is 0 Å². The zero-order valence-corrected chi connectivity index (χ0v) is 7.39. The fourth-order valence-electron chi connectivity index (χ4n) is 0.731. The summed E-state index contributed by atoms with van der Waals surface area (Å²) in [5.74, 6) is -0.679. The number of hydrogen-bond acceptors (Lipinski definition) is 4. The van der Waals surface area contributed by atoms with Gasteiger partial charge in [-0.3, -0.25) is 0 Å². The van der Waals surface area contributed by atoms with E-state index in [1.54, 1.807) is 0 Å².